The predicted molar refractivity (Wildman–Crippen MR) is 80.9 cm³/mol. The average Bonchev–Trinajstić information content (AvgIpc) is 2.96. The van der Waals surface area contributed by atoms with Crippen molar-refractivity contribution in [2.45, 2.75) is 13.3 Å². The standard InChI is InChI=1S/C16H16N2O3/c1-4-13(19)15-14(10-17-5-2)21-18-16(15)11-6-8-12(20-3)9-7-11/h5-10H,2,4H2,1,3H3. The van der Waals surface area contributed by atoms with Gasteiger partial charge in [0.15, 0.2) is 11.5 Å². The summed E-state index contributed by atoms with van der Waals surface area (Å²) in [6.07, 6.45) is 3.17. The van der Waals surface area contributed by atoms with Gasteiger partial charge in [0.05, 0.1) is 18.9 Å². The van der Waals surface area contributed by atoms with Crippen LogP contribution in [0.3, 0.4) is 0 Å². The summed E-state index contributed by atoms with van der Waals surface area (Å²) in [5.74, 6) is 1.03. The first-order valence-electron chi connectivity index (χ1n) is 6.52. The van der Waals surface area contributed by atoms with Crippen molar-refractivity contribution in [1.82, 2.24) is 5.16 Å². The maximum Gasteiger partial charge on any atom is 0.189 e. The molecule has 0 saturated carbocycles. The molecule has 0 aliphatic rings. The van der Waals surface area contributed by atoms with E-state index in [1.54, 1.807) is 14.0 Å². The first-order valence-corrected chi connectivity index (χ1v) is 6.52. The molecule has 0 atom stereocenters. The van der Waals surface area contributed by atoms with Gasteiger partial charge in [0.2, 0.25) is 0 Å². The van der Waals surface area contributed by atoms with E-state index >= 15 is 0 Å². The van der Waals surface area contributed by atoms with E-state index in [1.165, 1.54) is 12.4 Å². The van der Waals surface area contributed by atoms with Crippen LogP contribution in [0, 0.1) is 0 Å². The van der Waals surface area contributed by atoms with Crippen molar-refractivity contribution >= 4 is 12.0 Å². The first-order chi connectivity index (χ1) is 10.2. The zero-order valence-electron chi connectivity index (χ0n) is 12.0. The lowest BCUT2D eigenvalue weighted by molar-refractivity contribution is 0.0988. The van der Waals surface area contributed by atoms with Gasteiger partial charge in [-0.15, -0.1) is 0 Å². The Kier molecular flexibility index (Phi) is 4.66. The number of carbonyl (C=O) groups excluding carboxylic acids is 1. The minimum atomic E-state index is -0.0485. The van der Waals surface area contributed by atoms with Crippen molar-refractivity contribution in [2.75, 3.05) is 7.11 Å². The number of nitrogens with zero attached hydrogens (tertiary/aromatic N) is 2. The SMILES string of the molecule is C=CN=Cc1onc(-c2ccc(OC)cc2)c1C(=O)CC. The predicted octanol–water partition coefficient (Wildman–Crippen LogP) is 3.51. The molecule has 0 bridgehead atoms. The summed E-state index contributed by atoms with van der Waals surface area (Å²) in [6.45, 7) is 5.29. The Labute approximate surface area is 122 Å². The minimum Gasteiger partial charge on any atom is -0.497 e. The number of aromatic nitrogens is 1. The van der Waals surface area contributed by atoms with Crippen LogP contribution in [0.1, 0.15) is 29.5 Å². The number of ether oxygens (including phenoxy) is 1. The Balaban J connectivity index is 2.51. The Bertz CT molecular complexity index is 669. The van der Waals surface area contributed by atoms with E-state index in [9.17, 15) is 4.79 Å². The van der Waals surface area contributed by atoms with Crippen LogP contribution in [0.15, 0.2) is 46.6 Å². The number of Topliss-reactive ketones (excluding diaryl/α,β-unsaturated/α-hetero) is 1. The van der Waals surface area contributed by atoms with E-state index in [0.29, 0.717) is 23.4 Å². The van der Waals surface area contributed by atoms with Gasteiger partial charge >= 0.3 is 0 Å². The van der Waals surface area contributed by atoms with Gasteiger partial charge < -0.3 is 9.26 Å². The Morgan fingerprint density at radius 2 is 2.14 bits per heavy atom. The Hall–Kier alpha value is -2.69. The van der Waals surface area contributed by atoms with Crippen LogP contribution in [0.25, 0.3) is 11.3 Å². The lowest BCUT2D eigenvalue weighted by Crippen LogP contribution is -2.01. The van der Waals surface area contributed by atoms with E-state index in [-0.39, 0.29) is 5.78 Å². The third kappa shape index (κ3) is 3.08. The van der Waals surface area contributed by atoms with Gasteiger partial charge in [-0.25, -0.2) is 0 Å². The summed E-state index contributed by atoms with van der Waals surface area (Å²) in [7, 11) is 1.60. The van der Waals surface area contributed by atoms with Crippen molar-refractivity contribution in [2.24, 2.45) is 4.99 Å². The van der Waals surface area contributed by atoms with Crippen molar-refractivity contribution < 1.29 is 14.1 Å². The molecule has 0 fully saturated rings. The summed E-state index contributed by atoms with van der Waals surface area (Å²) >= 11 is 0. The van der Waals surface area contributed by atoms with Gasteiger partial charge in [-0.05, 0) is 24.3 Å². The second-order valence-corrected chi connectivity index (χ2v) is 4.24. The molecule has 0 amide bonds. The molecule has 5 nitrogen and oxygen atoms in total. The number of ketones is 1. The minimum absolute atomic E-state index is 0.0485. The fourth-order valence-corrected chi connectivity index (χ4v) is 1.90. The summed E-state index contributed by atoms with van der Waals surface area (Å²) in [5.41, 5.74) is 1.73. The highest BCUT2D eigenvalue weighted by Crippen LogP contribution is 2.27. The molecule has 0 N–H and O–H groups in total. The molecule has 5 heteroatoms. The lowest BCUT2D eigenvalue weighted by Gasteiger charge is -2.02. The van der Waals surface area contributed by atoms with Gasteiger partial charge in [0.25, 0.3) is 0 Å². The summed E-state index contributed by atoms with van der Waals surface area (Å²) in [6, 6.07) is 7.28. The van der Waals surface area contributed by atoms with Crippen LogP contribution in [0.4, 0.5) is 0 Å². The van der Waals surface area contributed by atoms with Crippen molar-refractivity contribution in [1.29, 1.82) is 0 Å². The van der Waals surface area contributed by atoms with Crippen LogP contribution >= 0.6 is 0 Å². The second-order valence-electron chi connectivity index (χ2n) is 4.24. The van der Waals surface area contributed by atoms with E-state index in [2.05, 4.69) is 16.7 Å². The lowest BCUT2D eigenvalue weighted by atomic mass is 10.0. The molecular weight excluding hydrogens is 268 g/mol. The highest BCUT2D eigenvalue weighted by Gasteiger charge is 2.21. The van der Waals surface area contributed by atoms with Crippen LogP contribution < -0.4 is 4.74 Å². The second kappa shape index (κ2) is 6.65. The maximum atomic E-state index is 12.2. The fraction of sp³-hybridized carbons (Fsp3) is 0.188. The molecule has 1 aromatic carbocycles. The number of carbonyl (C=O) groups is 1. The highest BCUT2D eigenvalue weighted by atomic mass is 16.5. The van der Waals surface area contributed by atoms with E-state index in [4.69, 9.17) is 9.26 Å². The van der Waals surface area contributed by atoms with Gasteiger partial charge in [-0.2, -0.15) is 0 Å². The maximum absolute atomic E-state index is 12.2. The molecule has 21 heavy (non-hydrogen) atoms. The van der Waals surface area contributed by atoms with Crippen LogP contribution in [0.2, 0.25) is 0 Å². The molecule has 1 heterocycles. The van der Waals surface area contributed by atoms with E-state index < -0.39 is 0 Å². The van der Waals surface area contributed by atoms with Gasteiger partial charge in [0, 0.05) is 18.2 Å². The molecule has 0 saturated heterocycles. The van der Waals surface area contributed by atoms with E-state index in [0.717, 1.165) is 11.3 Å². The quantitative estimate of drug-likeness (QED) is 0.601. The molecule has 1 aromatic heterocycles. The molecule has 0 aliphatic heterocycles. The number of methoxy groups -OCH3 is 1. The zero-order valence-corrected chi connectivity index (χ0v) is 12.0. The highest BCUT2D eigenvalue weighted by molar-refractivity contribution is 6.06. The molecule has 2 rings (SSSR count). The summed E-state index contributed by atoms with van der Waals surface area (Å²) in [5, 5.41) is 4.00. The molecule has 0 radical (unpaired) electrons. The molecule has 2 aromatic rings. The molecular formula is C16H16N2O3. The number of benzene rings is 1. The Morgan fingerprint density at radius 3 is 2.71 bits per heavy atom. The van der Waals surface area contributed by atoms with Gasteiger partial charge in [-0.1, -0.05) is 18.7 Å². The first kappa shape index (κ1) is 14.7. The topological polar surface area (TPSA) is 64.7 Å². The normalized spacial score (nSPS) is 10.8. The fourth-order valence-electron chi connectivity index (χ4n) is 1.90. The summed E-state index contributed by atoms with van der Waals surface area (Å²) in [4.78, 5) is 16.1. The molecule has 0 unspecified atom stereocenters. The van der Waals surface area contributed by atoms with E-state index in [1.807, 2.05) is 24.3 Å². The molecule has 0 aliphatic carbocycles. The average molecular weight is 284 g/mol. The van der Waals surface area contributed by atoms with Crippen molar-refractivity contribution in [3.8, 4) is 17.0 Å². The van der Waals surface area contributed by atoms with Crippen LogP contribution in [-0.4, -0.2) is 24.3 Å². The number of hydrogen-bond acceptors (Lipinski definition) is 5. The Morgan fingerprint density at radius 1 is 1.43 bits per heavy atom. The van der Waals surface area contributed by atoms with Crippen LogP contribution in [-0.2, 0) is 0 Å². The third-order valence-electron chi connectivity index (χ3n) is 2.98. The van der Waals surface area contributed by atoms with Gasteiger partial charge in [0.1, 0.15) is 11.4 Å². The third-order valence-corrected chi connectivity index (χ3v) is 2.98. The number of rotatable bonds is 6. The largest absolute Gasteiger partial charge is 0.497 e. The zero-order chi connectivity index (χ0) is 15.2. The van der Waals surface area contributed by atoms with Gasteiger partial charge in [-0.3, -0.25) is 9.79 Å². The number of hydrogen-bond donors (Lipinski definition) is 0. The molecule has 0 spiro atoms. The number of aliphatic imine (C=N–C) groups is 1. The monoisotopic (exact) mass is 284 g/mol. The molecule has 108 valence electrons. The van der Waals surface area contributed by atoms with Crippen molar-refractivity contribution in [3.05, 3.63) is 48.4 Å². The summed E-state index contributed by atoms with van der Waals surface area (Å²) < 4.78 is 10.4. The van der Waals surface area contributed by atoms with Crippen LogP contribution in [0.5, 0.6) is 5.75 Å². The van der Waals surface area contributed by atoms with Crippen molar-refractivity contribution in [3.63, 3.8) is 0 Å². The smallest absolute Gasteiger partial charge is 0.189 e.